The Hall–Kier alpha value is -1.40. The fourth-order valence-corrected chi connectivity index (χ4v) is 2.29. The Bertz CT molecular complexity index is 495. The Kier molecular flexibility index (Phi) is 3.90. The maximum Gasteiger partial charge on any atom is 0.240 e. The van der Waals surface area contributed by atoms with E-state index in [1.54, 1.807) is 32.0 Å². The molecule has 0 aliphatic heterocycles. The average molecular weight is 255 g/mol. The van der Waals surface area contributed by atoms with Gasteiger partial charge in [0.05, 0.1) is 10.7 Å². The standard InChI is InChI=1S/C11H17N3O2S/c1-11(2,10(12)13)8-14-17(15,16)9-6-4-3-5-7-9/h3-7,14H,8H2,1-2H3,(H3,12,13). The van der Waals surface area contributed by atoms with Gasteiger partial charge in [0.25, 0.3) is 0 Å². The number of amidine groups is 1. The van der Waals surface area contributed by atoms with E-state index in [0.29, 0.717) is 0 Å². The van der Waals surface area contributed by atoms with Gasteiger partial charge in [-0.05, 0) is 12.1 Å². The van der Waals surface area contributed by atoms with E-state index in [-0.39, 0.29) is 17.3 Å². The minimum Gasteiger partial charge on any atom is -0.387 e. The fourth-order valence-electron chi connectivity index (χ4n) is 1.05. The van der Waals surface area contributed by atoms with Crippen LogP contribution in [0.2, 0.25) is 0 Å². The zero-order valence-corrected chi connectivity index (χ0v) is 10.7. The van der Waals surface area contributed by atoms with Gasteiger partial charge in [-0.25, -0.2) is 13.1 Å². The molecule has 0 atom stereocenters. The molecule has 0 aromatic heterocycles. The second-order valence-electron chi connectivity index (χ2n) is 4.44. The van der Waals surface area contributed by atoms with Crippen LogP contribution >= 0.6 is 0 Å². The van der Waals surface area contributed by atoms with Crippen LogP contribution in [-0.4, -0.2) is 20.8 Å². The maximum atomic E-state index is 11.9. The van der Waals surface area contributed by atoms with Gasteiger partial charge in [-0.15, -0.1) is 0 Å². The van der Waals surface area contributed by atoms with Crippen LogP contribution in [0.25, 0.3) is 0 Å². The van der Waals surface area contributed by atoms with Gasteiger partial charge in [0.15, 0.2) is 0 Å². The highest BCUT2D eigenvalue weighted by Gasteiger charge is 2.24. The normalized spacial score (nSPS) is 12.4. The minimum absolute atomic E-state index is 0.0479. The van der Waals surface area contributed by atoms with Crippen LogP contribution in [-0.2, 0) is 10.0 Å². The Morgan fingerprint density at radius 1 is 1.35 bits per heavy atom. The number of rotatable bonds is 5. The fraction of sp³-hybridized carbons (Fsp3) is 0.364. The van der Waals surface area contributed by atoms with E-state index in [4.69, 9.17) is 11.1 Å². The van der Waals surface area contributed by atoms with E-state index >= 15 is 0 Å². The molecule has 0 aliphatic carbocycles. The van der Waals surface area contributed by atoms with Crippen molar-refractivity contribution >= 4 is 15.9 Å². The summed E-state index contributed by atoms with van der Waals surface area (Å²) in [5, 5.41) is 7.35. The molecule has 0 amide bonds. The second-order valence-corrected chi connectivity index (χ2v) is 6.20. The molecular weight excluding hydrogens is 238 g/mol. The smallest absolute Gasteiger partial charge is 0.240 e. The number of nitrogens with two attached hydrogens (primary N) is 1. The monoisotopic (exact) mass is 255 g/mol. The SMILES string of the molecule is CC(C)(CNS(=O)(=O)c1ccccc1)C(=N)N. The predicted octanol–water partition coefficient (Wildman–Crippen LogP) is 0.927. The lowest BCUT2D eigenvalue weighted by Gasteiger charge is -2.23. The summed E-state index contributed by atoms with van der Waals surface area (Å²) in [5.74, 6) is -0.0479. The molecule has 1 rings (SSSR count). The highest BCUT2D eigenvalue weighted by Crippen LogP contribution is 2.14. The lowest BCUT2D eigenvalue weighted by molar-refractivity contribution is 0.493. The molecule has 4 N–H and O–H groups in total. The highest BCUT2D eigenvalue weighted by molar-refractivity contribution is 7.89. The second kappa shape index (κ2) is 4.85. The first-order valence-corrected chi connectivity index (χ1v) is 6.63. The van der Waals surface area contributed by atoms with Gasteiger partial charge in [-0.2, -0.15) is 0 Å². The third-order valence-electron chi connectivity index (χ3n) is 2.49. The van der Waals surface area contributed by atoms with E-state index in [0.717, 1.165) is 0 Å². The zero-order chi connectivity index (χ0) is 13.1. The van der Waals surface area contributed by atoms with Crippen molar-refractivity contribution in [3.05, 3.63) is 30.3 Å². The number of benzene rings is 1. The Morgan fingerprint density at radius 2 is 1.88 bits per heavy atom. The molecule has 0 spiro atoms. The van der Waals surface area contributed by atoms with Crippen LogP contribution in [0.4, 0.5) is 0 Å². The van der Waals surface area contributed by atoms with Crippen molar-refractivity contribution in [3.63, 3.8) is 0 Å². The molecule has 17 heavy (non-hydrogen) atoms. The Balaban J connectivity index is 2.80. The lowest BCUT2D eigenvalue weighted by Crippen LogP contribution is -2.42. The van der Waals surface area contributed by atoms with Gasteiger partial charge in [0, 0.05) is 12.0 Å². The maximum absolute atomic E-state index is 11.9. The van der Waals surface area contributed by atoms with Crippen molar-refractivity contribution in [2.75, 3.05) is 6.54 Å². The summed E-state index contributed by atoms with van der Waals surface area (Å²) in [6.07, 6.45) is 0. The largest absolute Gasteiger partial charge is 0.387 e. The molecule has 0 radical (unpaired) electrons. The van der Waals surface area contributed by atoms with Crippen molar-refractivity contribution in [2.24, 2.45) is 11.1 Å². The molecule has 0 saturated carbocycles. The molecule has 0 aliphatic rings. The topological polar surface area (TPSA) is 96.0 Å². The summed E-state index contributed by atoms with van der Waals surface area (Å²) in [6, 6.07) is 8.10. The van der Waals surface area contributed by atoms with Gasteiger partial charge in [-0.1, -0.05) is 32.0 Å². The van der Waals surface area contributed by atoms with Gasteiger partial charge in [0.1, 0.15) is 0 Å². The molecule has 0 heterocycles. The van der Waals surface area contributed by atoms with Crippen LogP contribution in [0.5, 0.6) is 0 Å². The summed E-state index contributed by atoms with van der Waals surface area (Å²) in [4.78, 5) is 0.208. The summed E-state index contributed by atoms with van der Waals surface area (Å²) < 4.78 is 26.2. The summed E-state index contributed by atoms with van der Waals surface area (Å²) in [6.45, 7) is 3.52. The Labute approximate surface area is 102 Å². The number of hydrogen-bond acceptors (Lipinski definition) is 3. The van der Waals surface area contributed by atoms with Crippen molar-refractivity contribution in [1.82, 2.24) is 4.72 Å². The van der Waals surface area contributed by atoms with E-state index in [2.05, 4.69) is 4.72 Å². The highest BCUT2D eigenvalue weighted by atomic mass is 32.2. The van der Waals surface area contributed by atoms with Crippen molar-refractivity contribution in [1.29, 1.82) is 5.41 Å². The average Bonchev–Trinajstić information content (AvgIpc) is 2.28. The van der Waals surface area contributed by atoms with E-state index in [1.165, 1.54) is 12.1 Å². The molecule has 0 fully saturated rings. The molecule has 0 saturated heterocycles. The molecule has 1 aromatic rings. The van der Waals surface area contributed by atoms with E-state index in [9.17, 15) is 8.42 Å². The van der Waals surface area contributed by atoms with E-state index in [1.807, 2.05) is 0 Å². The van der Waals surface area contributed by atoms with Crippen LogP contribution in [0.1, 0.15) is 13.8 Å². The summed E-state index contributed by atoms with van der Waals surface area (Å²) in [7, 11) is -3.53. The van der Waals surface area contributed by atoms with Gasteiger partial charge in [0.2, 0.25) is 10.0 Å². The predicted molar refractivity (Wildman–Crippen MR) is 67.3 cm³/mol. The van der Waals surface area contributed by atoms with Gasteiger partial charge < -0.3 is 5.73 Å². The third kappa shape index (κ3) is 3.54. The first-order chi connectivity index (χ1) is 7.76. The first kappa shape index (κ1) is 13.7. The quantitative estimate of drug-likeness (QED) is 0.539. The summed E-state index contributed by atoms with van der Waals surface area (Å²) >= 11 is 0. The van der Waals surface area contributed by atoms with Crippen molar-refractivity contribution < 1.29 is 8.42 Å². The van der Waals surface area contributed by atoms with Crippen LogP contribution in [0.15, 0.2) is 35.2 Å². The lowest BCUT2D eigenvalue weighted by atomic mass is 9.93. The van der Waals surface area contributed by atoms with Crippen LogP contribution in [0, 0.1) is 10.8 Å². The van der Waals surface area contributed by atoms with Crippen LogP contribution < -0.4 is 10.5 Å². The van der Waals surface area contributed by atoms with Gasteiger partial charge in [-0.3, -0.25) is 5.41 Å². The third-order valence-corrected chi connectivity index (χ3v) is 3.90. The minimum atomic E-state index is -3.53. The zero-order valence-electron chi connectivity index (χ0n) is 9.90. The van der Waals surface area contributed by atoms with Gasteiger partial charge >= 0.3 is 0 Å². The first-order valence-electron chi connectivity index (χ1n) is 5.15. The van der Waals surface area contributed by atoms with Crippen LogP contribution in [0.3, 0.4) is 0 Å². The number of nitrogens with one attached hydrogen (secondary N) is 2. The van der Waals surface area contributed by atoms with Crippen molar-refractivity contribution in [3.8, 4) is 0 Å². The Morgan fingerprint density at radius 3 is 2.35 bits per heavy atom. The molecule has 0 bridgehead atoms. The number of hydrogen-bond donors (Lipinski definition) is 3. The summed E-state index contributed by atoms with van der Waals surface area (Å²) in [5.41, 5.74) is 4.69. The molecular formula is C11H17N3O2S. The molecule has 5 nitrogen and oxygen atoms in total. The van der Waals surface area contributed by atoms with Crippen molar-refractivity contribution in [2.45, 2.75) is 18.7 Å². The molecule has 0 unspecified atom stereocenters. The van der Waals surface area contributed by atoms with E-state index < -0.39 is 15.4 Å². The number of sulfonamides is 1. The molecule has 1 aromatic carbocycles. The molecule has 6 heteroatoms. The molecule has 94 valence electrons.